The quantitative estimate of drug-likeness (QED) is 0.323. The first-order chi connectivity index (χ1) is 18.3. The maximum Gasteiger partial charge on any atom is 0.573 e. The zero-order valence-electron chi connectivity index (χ0n) is 21.6. The first kappa shape index (κ1) is 26.3. The molecule has 1 aromatic carbocycles. The standard InChI is InChI=1S/C29H34F3N5O/c1-2-3-4-8-24-21-10-19-11-22(24)14-28(12-19,13-21)18-36-26-23(15-33)17-35-27(37-26)34-16-20-7-5-6-9-25(20)38-29(30,31)32/h3-7,9,17,19,21-22,24H,2,8,10-14,16,18H2,1H3,(H2,34,35,36,37)/b4-3+/t19?,21-,22+,24-,28-. The first-order valence-electron chi connectivity index (χ1n) is 13.5. The average Bonchev–Trinajstić information content (AvgIpc) is 2.87. The summed E-state index contributed by atoms with van der Waals surface area (Å²) in [5.41, 5.74) is 0.897. The topological polar surface area (TPSA) is 82.9 Å². The van der Waals surface area contributed by atoms with Crippen molar-refractivity contribution in [3.8, 4) is 11.8 Å². The van der Waals surface area contributed by atoms with Crippen molar-refractivity contribution >= 4 is 11.8 Å². The summed E-state index contributed by atoms with van der Waals surface area (Å²) >= 11 is 0. The number of rotatable bonds is 10. The molecule has 4 aliphatic carbocycles. The Morgan fingerprint density at radius 3 is 2.61 bits per heavy atom. The fraction of sp³-hybridized carbons (Fsp3) is 0.552. The zero-order valence-corrected chi connectivity index (χ0v) is 21.6. The molecule has 2 N–H and O–H groups in total. The van der Waals surface area contributed by atoms with Gasteiger partial charge < -0.3 is 15.4 Å². The van der Waals surface area contributed by atoms with E-state index in [0.717, 1.165) is 36.6 Å². The van der Waals surface area contributed by atoms with Crippen LogP contribution in [0.3, 0.4) is 0 Å². The molecule has 4 fully saturated rings. The summed E-state index contributed by atoms with van der Waals surface area (Å²) in [6, 6.07) is 8.11. The molecular formula is C29H34F3N5O. The van der Waals surface area contributed by atoms with Gasteiger partial charge in [0.05, 0.1) is 6.20 Å². The van der Waals surface area contributed by atoms with Crippen molar-refractivity contribution in [2.75, 3.05) is 17.2 Å². The van der Waals surface area contributed by atoms with Gasteiger partial charge in [0.15, 0.2) is 0 Å². The van der Waals surface area contributed by atoms with Gasteiger partial charge in [-0.25, -0.2) is 4.98 Å². The summed E-state index contributed by atoms with van der Waals surface area (Å²) < 4.78 is 42.4. The Hall–Kier alpha value is -3.28. The highest BCUT2D eigenvalue weighted by Gasteiger charge is 2.54. The lowest BCUT2D eigenvalue weighted by Crippen LogP contribution is -2.53. The Morgan fingerprint density at radius 1 is 1.13 bits per heavy atom. The summed E-state index contributed by atoms with van der Waals surface area (Å²) in [6.07, 6.45) is 9.94. The third-order valence-corrected chi connectivity index (χ3v) is 8.58. The number of hydrogen-bond acceptors (Lipinski definition) is 6. The Balaban J connectivity index is 1.25. The van der Waals surface area contributed by atoms with Gasteiger partial charge in [0.1, 0.15) is 23.2 Å². The van der Waals surface area contributed by atoms with Gasteiger partial charge in [0.25, 0.3) is 0 Å². The van der Waals surface area contributed by atoms with Crippen LogP contribution < -0.4 is 15.4 Å². The number of nitrogens with zero attached hydrogens (tertiary/aromatic N) is 3. The molecule has 5 atom stereocenters. The molecule has 1 unspecified atom stereocenters. The molecule has 1 heterocycles. The number of ether oxygens (including phenoxy) is 1. The number of alkyl halides is 3. The number of anilines is 2. The molecule has 4 saturated carbocycles. The van der Waals surface area contributed by atoms with Crippen LogP contribution in [0.4, 0.5) is 24.9 Å². The molecule has 6 rings (SSSR count). The fourth-order valence-corrected chi connectivity index (χ4v) is 7.32. The molecule has 0 amide bonds. The van der Waals surface area contributed by atoms with E-state index in [1.54, 1.807) is 12.1 Å². The molecule has 0 spiro atoms. The minimum atomic E-state index is -4.78. The van der Waals surface area contributed by atoms with Crippen molar-refractivity contribution in [2.45, 2.75) is 64.8 Å². The van der Waals surface area contributed by atoms with E-state index in [2.05, 4.69) is 50.5 Å². The predicted octanol–water partition coefficient (Wildman–Crippen LogP) is 7.07. The lowest BCUT2D eigenvalue weighted by molar-refractivity contribution is -0.274. The van der Waals surface area contributed by atoms with E-state index >= 15 is 0 Å². The Labute approximate surface area is 221 Å². The number of nitriles is 1. The summed E-state index contributed by atoms with van der Waals surface area (Å²) in [4.78, 5) is 8.71. The van der Waals surface area contributed by atoms with Crippen molar-refractivity contribution in [3.63, 3.8) is 0 Å². The molecule has 6 nitrogen and oxygen atoms in total. The van der Waals surface area contributed by atoms with Gasteiger partial charge in [-0.2, -0.15) is 10.2 Å². The highest BCUT2D eigenvalue weighted by atomic mass is 19.4. The minimum Gasteiger partial charge on any atom is -0.405 e. The van der Waals surface area contributed by atoms with Crippen LogP contribution in [-0.2, 0) is 6.54 Å². The van der Waals surface area contributed by atoms with Crippen molar-refractivity contribution < 1.29 is 17.9 Å². The average molecular weight is 526 g/mol. The number of nitrogens with one attached hydrogen (secondary N) is 2. The molecule has 0 aliphatic heterocycles. The molecule has 9 heteroatoms. The largest absolute Gasteiger partial charge is 0.573 e. The maximum absolute atomic E-state index is 12.8. The fourth-order valence-electron chi connectivity index (χ4n) is 7.32. The number of halogens is 3. The third kappa shape index (κ3) is 5.90. The molecule has 0 saturated heterocycles. The SMILES string of the molecule is CC/C=C/C[C@@H]1[C@@H]2CC3C[C@H]1C[C@@](CNc1nc(NCc4ccccc4OC(F)(F)F)ncc1C#N)(C3)C2. The van der Waals surface area contributed by atoms with E-state index < -0.39 is 6.36 Å². The summed E-state index contributed by atoms with van der Waals surface area (Å²) in [7, 11) is 0. The highest BCUT2D eigenvalue weighted by molar-refractivity contribution is 5.53. The summed E-state index contributed by atoms with van der Waals surface area (Å²) in [5, 5.41) is 16.1. The Bertz CT molecular complexity index is 1190. The molecule has 202 valence electrons. The molecular weight excluding hydrogens is 491 g/mol. The first-order valence-corrected chi connectivity index (χ1v) is 13.5. The van der Waals surface area contributed by atoms with Crippen molar-refractivity contribution in [2.24, 2.45) is 29.1 Å². The monoisotopic (exact) mass is 525 g/mol. The Morgan fingerprint density at radius 2 is 1.89 bits per heavy atom. The van der Waals surface area contributed by atoms with Crippen LogP contribution in [0.5, 0.6) is 5.75 Å². The molecule has 38 heavy (non-hydrogen) atoms. The van der Waals surface area contributed by atoms with Gasteiger partial charge in [0.2, 0.25) is 5.95 Å². The second-order valence-corrected chi connectivity index (χ2v) is 11.2. The minimum absolute atomic E-state index is 0.0421. The van der Waals surface area contributed by atoms with Gasteiger partial charge in [0, 0.05) is 18.7 Å². The molecule has 0 radical (unpaired) electrons. The van der Waals surface area contributed by atoms with E-state index in [-0.39, 0.29) is 23.7 Å². The van der Waals surface area contributed by atoms with Crippen LogP contribution in [0.1, 0.15) is 63.0 Å². The van der Waals surface area contributed by atoms with E-state index in [9.17, 15) is 18.4 Å². The van der Waals surface area contributed by atoms with E-state index in [4.69, 9.17) is 0 Å². The number of benzene rings is 1. The Kier molecular flexibility index (Phi) is 7.51. The second kappa shape index (κ2) is 10.8. The van der Waals surface area contributed by atoms with Crippen molar-refractivity contribution in [1.29, 1.82) is 5.26 Å². The molecule has 1 aromatic heterocycles. The van der Waals surface area contributed by atoms with Crippen LogP contribution in [0.15, 0.2) is 42.6 Å². The van der Waals surface area contributed by atoms with Crippen LogP contribution in [0.25, 0.3) is 0 Å². The van der Waals surface area contributed by atoms with Crippen LogP contribution in [0, 0.1) is 40.4 Å². The van der Waals surface area contributed by atoms with Gasteiger partial charge in [-0.3, -0.25) is 0 Å². The smallest absolute Gasteiger partial charge is 0.405 e. The predicted molar refractivity (Wildman–Crippen MR) is 139 cm³/mol. The van der Waals surface area contributed by atoms with Crippen molar-refractivity contribution in [1.82, 2.24) is 9.97 Å². The van der Waals surface area contributed by atoms with Crippen LogP contribution in [-0.4, -0.2) is 22.9 Å². The summed E-state index contributed by atoms with van der Waals surface area (Å²) in [6.45, 7) is 2.99. The molecule has 2 aromatic rings. The highest BCUT2D eigenvalue weighted by Crippen LogP contribution is 2.62. The number of hydrogen-bond donors (Lipinski definition) is 2. The molecule has 4 bridgehead atoms. The maximum atomic E-state index is 12.8. The summed E-state index contributed by atoms with van der Waals surface area (Å²) in [5.74, 6) is 3.53. The van der Waals surface area contributed by atoms with Gasteiger partial charge in [-0.15, -0.1) is 13.2 Å². The lowest BCUT2D eigenvalue weighted by atomic mass is 9.45. The normalized spacial score (nSPS) is 27.9. The van der Waals surface area contributed by atoms with Gasteiger partial charge >= 0.3 is 6.36 Å². The van der Waals surface area contributed by atoms with Gasteiger partial charge in [-0.05, 0) is 80.1 Å². The van der Waals surface area contributed by atoms with Crippen molar-refractivity contribution in [3.05, 3.63) is 53.7 Å². The lowest BCUT2D eigenvalue weighted by Gasteiger charge is -2.60. The zero-order chi connectivity index (χ0) is 26.8. The van der Waals surface area contributed by atoms with E-state index in [1.807, 2.05) is 0 Å². The molecule has 4 aliphatic rings. The van der Waals surface area contributed by atoms with E-state index in [1.165, 1.54) is 56.9 Å². The number of para-hydroxylation sites is 1. The van der Waals surface area contributed by atoms with Gasteiger partial charge in [-0.1, -0.05) is 37.3 Å². The number of allylic oxidation sites excluding steroid dienone is 2. The van der Waals surface area contributed by atoms with E-state index in [0.29, 0.717) is 16.9 Å². The number of aromatic nitrogens is 2. The van der Waals surface area contributed by atoms with Crippen LogP contribution in [0.2, 0.25) is 0 Å². The second-order valence-electron chi connectivity index (χ2n) is 11.2. The third-order valence-electron chi connectivity index (χ3n) is 8.58. The van der Waals surface area contributed by atoms with Crippen LogP contribution >= 0.6 is 0 Å².